The minimum atomic E-state index is -0.823. The topological polar surface area (TPSA) is 101 Å². The number of hydrogen-bond acceptors (Lipinski definition) is 8. The molecule has 0 radical (unpaired) electrons. The molecular weight excluding hydrogens is 496 g/mol. The molecule has 0 saturated heterocycles. The lowest BCUT2D eigenvalue weighted by atomic mass is 9.87. The average Bonchev–Trinajstić information content (AvgIpc) is 3.39. The Bertz CT molecular complexity index is 1630. The van der Waals surface area contributed by atoms with Gasteiger partial charge in [0.05, 0.1) is 43.0 Å². The maximum Gasteiger partial charge on any atom is 0.261 e. The Morgan fingerprint density at radius 3 is 2.28 bits per heavy atom. The van der Waals surface area contributed by atoms with Crippen molar-refractivity contribution in [1.82, 2.24) is 3.96 Å². The number of hydrogen-bond donors (Lipinski definition) is 0. The van der Waals surface area contributed by atoms with Crippen molar-refractivity contribution in [3.8, 4) is 46.2 Å². The summed E-state index contributed by atoms with van der Waals surface area (Å²) in [4.78, 5) is 16.3. The summed E-state index contributed by atoms with van der Waals surface area (Å²) in [5.74, 6) is 1.35. The van der Waals surface area contributed by atoms with Crippen LogP contribution >= 0.6 is 23.8 Å². The molecule has 0 atom stereocenters. The van der Waals surface area contributed by atoms with Crippen molar-refractivity contribution in [1.29, 1.82) is 10.5 Å². The Balaban J connectivity index is 1.90. The second kappa shape index (κ2) is 8.23. The maximum absolute atomic E-state index is 13.8. The third-order valence-electron chi connectivity index (χ3n) is 6.50. The largest absolute Gasteiger partial charge is 0.497 e. The first-order chi connectivity index (χ1) is 17.2. The number of rotatable bonds is 4. The predicted molar refractivity (Wildman–Crippen MR) is 138 cm³/mol. The Kier molecular flexibility index (Phi) is 5.40. The molecule has 36 heavy (non-hydrogen) atoms. The van der Waals surface area contributed by atoms with Crippen LogP contribution < -0.4 is 19.1 Å². The summed E-state index contributed by atoms with van der Waals surface area (Å²) in [6.45, 7) is 3.86. The van der Waals surface area contributed by atoms with Crippen LogP contribution in [0.5, 0.6) is 17.2 Å². The Morgan fingerprint density at radius 1 is 1.00 bits per heavy atom. The number of fused-ring (bicyclic) bond motifs is 2. The number of ether oxygens (including phenoxy) is 3. The molecule has 180 valence electrons. The number of nitrogens with zero attached hydrogens (tertiary/aromatic N) is 4. The fourth-order valence-electron chi connectivity index (χ4n) is 4.84. The van der Waals surface area contributed by atoms with E-state index in [-0.39, 0.29) is 11.1 Å². The van der Waals surface area contributed by atoms with Crippen molar-refractivity contribution in [3.63, 3.8) is 0 Å². The van der Waals surface area contributed by atoms with Crippen LogP contribution in [-0.2, 0) is 10.3 Å². The smallest absolute Gasteiger partial charge is 0.261 e. The predicted octanol–water partition coefficient (Wildman–Crippen LogP) is 5.36. The van der Waals surface area contributed by atoms with E-state index in [0.717, 1.165) is 10.4 Å². The highest BCUT2D eigenvalue weighted by molar-refractivity contribution is 7.71. The first-order valence-electron chi connectivity index (χ1n) is 10.8. The molecule has 3 aromatic rings. The van der Waals surface area contributed by atoms with Crippen molar-refractivity contribution in [3.05, 3.63) is 51.0 Å². The first kappa shape index (κ1) is 23.6. The zero-order chi connectivity index (χ0) is 25.9. The fourth-order valence-corrected chi connectivity index (χ4v) is 6.53. The molecular formula is C26H20N4O4S2. The third-order valence-corrected chi connectivity index (χ3v) is 8.45. The SMILES string of the molecule is COc1cc2c3c(c1)-c1c(sn(-c4cc(OC)ccc4OC)c1=S)C(C)(C)N3C(=O)C2=C(C#N)C#N. The number of methoxy groups -OCH3 is 3. The lowest BCUT2D eigenvalue weighted by Crippen LogP contribution is -2.45. The molecule has 0 saturated carbocycles. The molecule has 0 unspecified atom stereocenters. The van der Waals surface area contributed by atoms with E-state index in [9.17, 15) is 15.3 Å². The quantitative estimate of drug-likeness (QED) is 0.261. The normalized spacial score (nSPS) is 14.5. The summed E-state index contributed by atoms with van der Waals surface area (Å²) in [5, 5.41) is 19.2. The summed E-state index contributed by atoms with van der Waals surface area (Å²) in [6.07, 6.45) is 0. The van der Waals surface area contributed by atoms with Gasteiger partial charge in [0, 0.05) is 22.8 Å². The number of anilines is 1. The van der Waals surface area contributed by atoms with Gasteiger partial charge >= 0.3 is 0 Å². The number of benzene rings is 2. The van der Waals surface area contributed by atoms with Gasteiger partial charge in [-0.2, -0.15) is 10.5 Å². The lowest BCUT2D eigenvalue weighted by molar-refractivity contribution is -0.114. The van der Waals surface area contributed by atoms with Crippen molar-refractivity contribution in [2.75, 3.05) is 26.2 Å². The molecule has 10 heteroatoms. The zero-order valence-corrected chi connectivity index (χ0v) is 21.8. The van der Waals surface area contributed by atoms with Gasteiger partial charge in [-0.3, -0.25) is 13.7 Å². The molecule has 2 aromatic carbocycles. The lowest BCUT2D eigenvalue weighted by Gasteiger charge is -2.40. The first-order valence-corrected chi connectivity index (χ1v) is 12.0. The van der Waals surface area contributed by atoms with Crippen molar-refractivity contribution >= 4 is 40.9 Å². The minimum absolute atomic E-state index is 0.0756. The molecule has 8 nitrogen and oxygen atoms in total. The molecule has 1 aromatic heterocycles. The standard InChI is InChI=1S/C26H20N4O4S2/c1-26(2)23-21(25(35)30(36-23)18-10-14(32-3)6-7-19(18)34-5)17-9-15(33-4)8-16-20(13(11-27)12-28)24(31)29(26)22(16)17/h6-10H,1-5H3. The average molecular weight is 517 g/mol. The van der Waals surface area contributed by atoms with Crippen molar-refractivity contribution < 1.29 is 19.0 Å². The Labute approximate surface area is 216 Å². The van der Waals surface area contributed by atoms with Gasteiger partial charge in [0.1, 0.15) is 45.3 Å². The Morgan fingerprint density at radius 2 is 1.67 bits per heavy atom. The number of allylic oxidation sites excluding steroid dienone is 1. The van der Waals surface area contributed by atoms with E-state index in [4.69, 9.17) is 26.4 Å². The van der Waals surface area contributed by atoms with Gasteiger partial charge in [0.2, 0.25) is 0 Å². The van der Waals surface area contributed by atoms with Gasteiger partial charge in [-0.15, -0.1) is 0 Å². The molecule has 1 amide bonds. The highest BCUT2D eigenvalue weighted by Crippen LogP contribution is 2.58. The number of amides is 1. The summed E-state index contributed by atoms with van der Waals surface area (Å²) >= 11 is 7.42. The van der Waals surface area contributed by atoms with E-state index in [0.29, 0.717) is 44.4 Å². The van der Waals surface area contributed by atoms with Gasteiger partial charge in [-0.05, 0) is 38.1 Å². The van der Waals surface area contributed by atoms with Crippen LogP contribution in [0, 0.1) is 27.3 Å². The molecule has 5 rings (SSSR count). The summed E-state index contributed by atoms with van der Waals surface area (Å²) in [7, 11) is 4.71. The monoisotopic (exact) mass is 516 g/mol. The fraction of sp³-hybridized carbons (Fsp3) is 0.231. The van der Waals surface area contributed by atoms with Gasteiger partial charge in [-0.1, -0.05) is 23.8 Å². The second-order valence-corrected chi connectivity index (χ2v) is 10.0. The van der Waals surface area contributed by atoms with Crippen LogP contribution in [0.25, 0.3) is 22.4 Å². The molecule has 0 spiro atoms. The summed E-state index contributed by atoms with van der Waals surface area (Å²) in [6, 6.07) is 12.8. The maximum atomic E-state index is 13.8. The van der Waals surface area contributed by atoms with Gasteiger partial charge in [0.25, 0.3) is 5.91 Å². The number of carbonyl (C=O) groups is 1. The van der Waals surface area contributed by atoms with E-state index >= 15 is 0 Å². The third kappa shape index (κ3) is 3.02. The molecule has 2 aliphatic rings. The summed E-state index contributed by atoms with van der Waals surface area (Å²) < 4.78 is 19.0. The van der Waals surface area contributed by atoms with Gasteiger partial charge in [0.15, 0.2) is 0 Å². The minimum Gasteiger partial charge on any atom is -0.497 e. The highest BCUT2D eigenvalue weighted by Gasteiger charge is 2.51. The molecule has 0 N–H and O–H groups in total. The van der Waals surface area contributed by atoms with Crippen LogP contribution in [0.3, 0.4) is 0 Å². The molecule has 0 aliphatic carbocycles. The molecule has 2 aliphatic heterocycles. The van der Waals surface area contributed by atoms with Crippen LogP contribution in [0.15, 0.2) is 35.9 Å². The van der Waals surface area contributed by atoms with Crippen molar-refractivity contribution in [2.24, 2.45) is 0 Å². The zero-order valence-electron chi connectivity index (χ0n) is 20.1. The molecule has 0 bridgehead atoms. The van der Waals surface area contributed by atoms with Gasteiger partial charge in [-0.25, -0.2) is 0 Å². The van der Waals surface area contributed by atoms with E-state index < -0.39 is 11.4 Å². The van der Waals surface area contributed by atoms with E-state index in [1.54, 1.807) is 25.2 Å². The summed E-state index contributed by atoms with van der Waals surface area (Å²) in [5.41, 5.74) is 2.33. The van der Waals surface area contributed by atoms with Crippen LogP contribution in [-0.4, -0.2) is 31.2 Å². The molecule has 3 heterocycles. The van der Waals surface area contributed by atoms with Crippen LogP contribution in [0.4, 0.5) is 5.69 Å². The van der Waals surface area contributed by atoms with Crippen LogP contribution in [0.2, 0.25) is 0 Å². The van der Waals surface area contributed by atoms with E-state index in [1.165, 1.54) is 18.6 Å². The highest BCUT2D eigenvalue weighted by atomic mass is 32.1. The van der Waals surface area contributed by atoms with Gasteiger partial charge < -0.3 is 14.2 Å². The molecule has 0 fully saturated rings. The number of aromatic nitrogens is 1. The number of nitriles is 2. The Hall–Kier alpha value is -4.12. The van der Waals surface area contributed by atoms with Crippen molar-refractivity contribution in [2.45, 2.75) is 19.4 Å². The van der Waals surface area contributed by atoms with E-state index in [2.05, 4.69) is 0 Å². The van der Waals surface area contributed by atoms with E-state index in [1.807, 2.05) is 54.2 Å². The van der Waals surface area contributed by atoms with Crippen LogP contribution in [0.1, 0.15) is 24.3 Å². The second-order valence-electron chi connectivity index (χ2n) is 8.68. The number of carbonyl (C=O) groups excluding carboxylic acids is 1.